The fourth-order valence-electron chi connectivity index (χ4n) is 2.90. The molecule has 0 aromatic carbocycles. The lowest BCUT2D eigenvalue weighted by molar-refractivity contribution is -0.0777. The van der Waals surface area contributed by atoms with Crippen molar-refractivity contribution in [2.45, 2.75) is 51.0 Å². The molecule has 6 nitrogen and oxygen atoms in total. The zero-order valence-corrected chi connectivity index (χ0v) is 13.0. The Morgan fingerprint density at radius 2 is 2.14 bits per heavy atom. The number of anilines is 1. The van der Waals surface area contributed by atoms with Crippen LogP contribution < -0.4 is 5.73 Å². The molecule has 0 aliphatic heterocycles. The molecule has 2 N–H and O–H groups in total. The van der Waals surface area contributed by atoms with Crippen LogP contribution in [0.15, 0.2) is 9.90 Å². The van der Waals surface area contributed by atoms with Crippen LogP contribution in [0.25, 0.3) is 0 Å². The highest BCUT2D eigenvalue weighted by atomic mass is 32.1. The minimum absolute atomic E-state index is 0.365. The van der Waals surface area contributed by atoms with E-state index < -0.39 is 0 Å². The van der Waals surface area contributed by atoms with E-state index in [0.717, 1.165) is 31.4 Å². The Morgan fingerprint density at radius 1 is 1.33 bits per heavy atom. The second kappa shape index (κ2) is 6.11. The average molecular weight is 308 g/mol. The number of ether oxygens (including phenoxy) is 1. The lowest BCUT2D eigenvalue weighted by atomic mass is 9.84. The second-order valence-electron chi connectivity index (χ2n) is 5.35. The Morgan fingerprint density at radius 3 is 2.81 bits per heavy atom. The quantitative estimate of drug-likeness (QED) is 0.914. The molecule has 1 aliphatic rings. The smallest absolute Gasteiger partial charge is 0.232 e. The third-order valence-electron chi connectivity index (χ3n) is 3.86. The maximum atomic E-state index is 6.01. The first kappa shape index (κ1) is 14.5. The van der Waals surface area contributed by atoms with Crippen molar-refractivity contribution in [2.75, 3.05) is 12.3 Å². The van der Waals surface area contributed by atoms with Crippen LogP contribution in [0, 0.1) is 0 Å². The maximum absolute atomic E-state index is 6.01. The minimum Gasteiger partial charge on any atom is -0.375 e. The molecule has 2 aromatic rings. The zero-order chi connectivity index (χ0) is 14.7. The van der Waals surface area contributed by atoms with Gasteiger partial charge in [-0.25, -0.2) is 4.98 Å². The van der Waals surface area contributed by atoms with Crippen LogP contribution >= 0.6 is 11.3 Å². The first-order chi connectivity index (χ1) is 10.2. The molecular weight excluding hydrogens is 288 g/mol. The van der Waals surface area contributed by atoms with E-state index in [-0.39, 0.29) is 5.60 Å². The molecule has 1 aliphatic carbocycles. The lowest BCUT2D eigenvalue weighted by Gasteiger charge is -2.33. The second-order valence-corrected chi connectivity index (χ2v) is 6.24. The van der Waals surface area contributed by atoms with E-state index in [2.05, 4.69) is 15.1 Å². The van der Waals surface area contributed by atoms with Crippen molar-refractivity contribution in [3.63, 3.8) is 0 Å². The molecule has 3 rings (SSSR count). The van der Waals surface area contributed by atoms with Crippen LogP contribution in [0.1, 0.15) is 56.4 Å². The molecule has 0 amide bonds. The van der Waals surface area contributed by atoms with Gasteiger partial charge in [-0.3, -0.25) is 0 Å². The summed E-state index contributed by atoms with van der Waals surface area (Å²) in [7, 11) is 0. The highest BCUT2D eigenvalue weighted by molar-refractivity contribution is 7.13. The number of aromatic nitrogens is 3. The van der Waals surface area contributed by atoms with Crippen molar-refractivity contribution in [2.24, 2.45) is 0 Å². The number of hydrogen-bond donors (Lipinski definition) is 1. The molecule has 2 heterocycles. The van der Waals surface area contributed by atoms with E-state index in [1.54, 1.807) is 0 Å². The van der Waals surface area contributed by atoms with Gasteiger partial charge in [-0.15, -0.1) is 11.3 Å². The van der Waals surface area contributed by atoms with Gasteiger partial charge in [0.25, 0.3) is 0 Å². The summed E-state index contributed by atoms with van der Waals surface area (Å²) in [4.78, 5) is 8.77. The molecule has 7 heteroatoms. The van der Waals surface area contributed by atoms with Gasteiger partial charge >= 0.3 is 0 Å². The van der Waals surface area contributed by atoms with Gasteiger partial charge in [0.2, 0.25) is 11.7 Å². The summed E-state index contributed by atoms with van der Waals surface area (Å²) in [6.45, 7) is 2.67. The summed E-state index contributed by atoms with van der Waals surface area (Å²) in [5.74, 6) is 1.25. The number of nitrogens with zero attached hydrogens (tertiary/aromatic N) is 3. The van der Waals surface area contributed by atoms with Crippen molar-refractivity contribution < 1.29 is 9.26 Å². The average Bonchev–Trinajstić information content (AvgIpc) is 3.10. The van der Waals surface area contributed by atoms with Gasteiger partial charge < -0.3 is 15.0 Å². The number of thiazole rings is 1. The van der Waals surface area contributed by atoms with Gasteiger partial charge in [-0.2, -0.15) is 4.98 Å². The molecule has 0 unspecified atom stereocenters. The van der Waals surface area contributed by atoms with E-state index in [1.807, 2.05) is 12.3 Å². The summed E-state index contributed by atoms with van der Waals surface area (Å²) < 4.78 is 11.4. The molecule has 21 heavy (non-hydrogen) atoms. The van der Waals surface area contributed by atoms with E-state index in [0.29, 0.717) is 29.9 Å². The Labute approximate surface area is 127 Å². The van der Waals surface area contributed by atoms with Crippen LogP contribution in [0.2, 0.25) is 0 Å². The van der Waals surface area contributed by atoms with Crippen molar-refractivity contribution in [1.29, 1.82) is 0 Å². The fraction of sp³-hybridized carbons (Fsp3) is 0.643. The standard InChI is InChI=1S/C14H20N4O2S/c1-2-19-14(6-4-3-5-7-14)12-17-11(20-18-12)8-10-9-21-13(15)16-10/h9H,2-8H2,1H3,(H2,15,16). The molecule has 1 saturated carbocycles. The SMILES string of the molecule is CCOC1(c2noc(Cc3csc(N)n3)n2)CCCCC1. The number of nitrogens with two attached hydrogens (primary N) is 1. The molecule has 2 aromatic heterocycles. The van der Waals surface area contributed by atoms with Crippen LogP contribution in [0.4, 0.5) is 5.13 Å². The Hall–Kier alpha value is -1.47. The van der Waals surface area contributed by atoms with E-state index in [9.17, 15) is 0 Å². The minimum atomic E-state index is -0.365. The Kier molecular flexibility index (Phi) is 4.21. The molecule has 114 valence electrons. The van der Waals surface area contributed by atoms with Gasteiger partial charge in [0, 0.05) is 12.0 Å². The third kappa shape index (κ3) is 3.08. The molecule has 0 radical (unpaired) electrons. The van der Waals surface area contributed by atoms with Crippen LogP contribution in [0.3, 0.4) is 0 Å². The predicted octanol–water partition coefficient (Wildman–Crippen LogP) is 2.90. The highest BCUT2D eigenvalue weighted by Crippen LogP contribution is 2.39. The monoisotopic (exact) mass is 308 g/mol. The Bertz CT molecular complexity index is 584. The summed E-state index contributed by atoms with van der Waals surface area (Å²) in [5, 5.41) is 6.64. The molecule has 0 spiro atoms. The Balaban J connectivity index is 1.78. The van der Waals surface area contributed by atoms with Gasteiger partial charge in [0.05, 0.1) is 12.1 Å². The predicted molar refractivity (Wildman–Crippen MR) is 80.0 cm³/mol. The van der Waals surface area contributed by atoms with E-state index in [4.69, 9.17) is 15.0 Å². The number of rotatable bonds is 5. The van der Waals surface area contributed by atoms with Crippen LogP contribution in [-0.4, -0.2) is 21.7 Å². The molecule has 1 fully saturated rings. The topological polar surface area (TPSA) is 87.1 Å². The summed E-state index contributed by atoms with van der Waals surface area (Å²) in [6.07, 6.45) is 5.98. The summed E-state index contributed by atoms with van der Waals surface area (Å²) in [5.41, 5.74) is 6.13. The maximum Gasteiger partial charge on any atom is 0.232 e. The normalized spacial score (nSPS) is 18.0. The third-order valence-corrected chi connectivity index (χ3v) is 4.58. The lowest BCUT2D eigenvalue weighted by Crippen LogP contribution is -2.33. The number of nitrogen functional groups attached to an aromatic ring is 1. The number of hydrogen-bond acceptors (Lipinski definition) is 7. The summed E-state index contributed by atoms with van der Waals surface area (Å²) >= 11 is 1.42. The van der Waals surface area contributed by atoms with Gasteiger partial charge in [-0.05, 0) is 19.8 Å². The van der Waals surface area contributed by atoms with E-state index in [1.165, 1.54) is 17.8 Å². The molecule has 0 bridgehead atoms. The largest absolute Gasteiger partial charge is 0.375 e. The first-order valence-corrected chi connectivity index (χ1v) is 8.27. The molecule has 0 atom stereocenters. The molecule has 0 saturated heterocycles. The van der Waals surface area contributed by atoms with Gasteiger partial charge in [0.1, 0.15) is 5.60 Å². The highest BCUT2D eigenvalue weighted by Gasteiger charge is 2.39. The van der Waals surface area contributed by atoms with Crippen LogP contribution in [0.5, 0.6) is 0 Å². The fourth-order valence-corrected chi connectivity index (χ4v) is 3.46. The van der Waals surface area contributed by atoms with Crippen molar-refractivity contribution in [1.82, 2.24) is 15.1 Å². The van der Waals surface area contributed by atoms with Crippen molar-refractivity contribution >= 4 is 16.5 Å². The van der Waals surface area contributed by atoms with Gasteiger partial charge in [-0.1, -0.05) is 24.4 Å². The van der Waals surface area contributed by atoms with Crippen molar-refractivity contribution in [3.05, 3.63) is 22.8 Å². The van der Waals surface area contributed by atoms with E-state index >= 15 is 0 Å². The molecular formula is C14H20N4O2S. The first-order valence-electron chi connectivity index (χ1n) is 7.39. The van der Waals surface area contributed by atoms with Crippen LogP contribution in [-0.2, 0) is 16.8 Å². The van der Waals surface area contributed by atoms with Crippen molar-refractivity contribution in [3.8, 4) is 0 Å². The zero-order valence-electron chi connectivity index (χ0n) is 12.2. The van der Waals surface area contributed by atoms with Gasteiger partial charge in [0.15, 0.2) is 5.13 Å². The summed E-state index contributed by atoms with van der Waals surface area (Å²) in [6, 6.07) is 0.